The summed E-state index contributed by atoms with van der Waals surface area (Å²) < 4.78 is 1.73. The lowest BCUT2D eigenvalue weighted by Crippen LogP contribution is -1.96. The zero-order chi connectivity index (χ0) is 7.40. The van der Waals surface area contributed by atoms with Gasteiger partial charge in [0.1, 0.15) is 5.69 Å². The van der Waals surface area contributed by atoms with Gasteiger partial charge >= 0.3 is 0 Å². The lowest BCUT2D eigenvalue weighted by molar-refractivity contribution is 0.276. The quantitative estimate of drug-likeness (QED) is 0.653. The van der Waals surface area contributed by atoms with Gasteiger partial charge in [-0.15, -0.1) is 5.10 Å². The van der Waals surface area contributed by atoms with Crippen LogP contribution in [0, 0.1) is 0 Å². The second-order valence-electron chi connectivity index (χ2n) is 2.13. The van der Waals surface area contributed by atoms with Gasteiger partial charge in [0.2, 0.25) is 0 Å². The van der Waals surface area contributed by atoms with Crippen LogP contribution in [0.2, 0.25) is 0 Å². The second kappa shape index (κ2) is 3.31. The summed E-state index contributed by atoms with van der Waals surface area (Å²) in [5.74, 6) is 0. The normalized spacial score (nSPS) is 10.2. The topological polar surface area (TPSA) is 50.9 Å². The van der Waals surface area contributed by atoms with E-state index in [-0.39, 0.29) is 6.61 Å². The molecule has 0 saturated heterocycles. The maximum atomic E-state index is 8.60. The van der Waals surface area contributed by atoms with Crippen molar-refractivity contribution in [2.45, 2.75) is 26.5 Å². The largest absolute Gasteiger partial charge is 0.390 e. The molecule has 0 aliphatic carbocycles. The van der Waals surface area contributed by atoms with Gasteiger partial charge in [-0.1, -0.05) is 12.1 Å². The first-order chi connectivity index (χ1) is 4.86. The Balaban J connectivity index is 2.59. The van der Waals surface area contributed by atoms with Crippen LogP contribution in [0.25, 0.3) is 0 Å². The predicted molar refractivity (Wildman–Crippen MR) is 36.2 cm³/mol. The van der Waals surface area contributed by atoms with E-state index < -0.39 is 0 Å². The average molecular weight is 141 g/mol. The molecule has 0 saturated carbocycles. The van der Waals surface area contributed by atoms with Crippen molar-refractivity contribution in [1.29, 1.82) is 0 Å². The Bertz CT molecular complexity index is 197. The minimum atomic E-state index is -0.0241. The molecule has 0 amide bonds. The second-order valence-corrected chi connectivity index (χ2v) is 2.13. The molecule has 4 nitrogen and oxygen atoms in total. The summed E-state index contributed by atoms with van der Waals surface area (Å²) >= 11 is 0. The number of hydrogen-bond acceptors (Lipinski definition) is 3. The van der Waals surface area contributed by atoms with Crippen molar-refractivity contribution in [3.63, 3.8) is 0 Å². The number of hydrogen-bond donors (Lipinski definition) is 1. The van der Waals surface area contributed by atoms with Gasteiger partial charge in [0.25, 0.3) is 0 Å². The Morgan fingerprint density at radius 2 is 2.50 bits per heavy atom. The van der Waals surface area contributed by atoms with E-state index in [4.69, 9.17) is 5.11 Å². The molecular weight excluding hydrogens is 130 g/mol. The van der Waals surface area contributed by atoms with E-state index >= 15 is 0 Å². The van der Waals surface area contributed by atoms with Crippen LogP contribution in [0.5, 0.6) is 0 Å². The van der Waals surface area contributed by atoms with Crippen LogP contribution >= 0.6 is 0 Å². The van der Waals surface area contributed by atoms with Gasteiger partial charge in [-0.3, -0.25) is 4.68 Å². The van der Waals surface area contributed by atoms with E-state index in [1.54, 1.807) is 10.9 Å². The smallest absolute Gasteiger partial charge is 0.108 e. The molecule has 0 aliphatic rings. The van der Waals surface area contributed by atoms with Crippen LogP contribution in [-0.2, 0) is 13.2 Å². The summed E-state index contributed by atoms with van der Waals surface area (Å²) in [5.41, 5.74) is 0.633. The van der Waals surface area contributed by atoms with Crippen LogP contribution in [-0.4, -0.2) is 20.1 Å². The number of aryl methyl sites for hydroxylation is 1. The lowest BCUT2D eigenvalue weighted by Gasteiger charge is -1.91. The molecule has 1 rings (SSSR count). The number of aliphatic hydroxyl groups is 1. The molecule has 0 bridgehead atoms. The van der Waals surface area contributed by atoms with E-state index in [1.807, 2.05) is 0 Å². The molecule has 0 fully saturated rings. The van der Waals surface area contributed by atoms with Crippen molar-refractivity contribution in [3.8, 4) is 0 Å². The van der Waals surface area contributed by atoms with E-state index in [2.05, 4.69) is 17.2 Å². The third-order valence-electron chi connectivity index (χ3n) is 1.20. The third-order valence-corrected chi connectivity index (χ3v) is 1.20. The van der Waals surface area contributed by atoms with Crippen LogP contribution < -0.4 is 0 Å². The van der Waals surface area contributed by atoms with Crippen LogP contribution in [0.3, 0.4) is 0 Å². The van der Waals surface area contributed by atoms with Gasteiger partial charge in [-0.05, 0) is 6.42 Å². The molecule has 10 heavy (non-hydrogen) atoms. The standard InChI is InChI=1S/C6H11N3O/c1-2-3-9-4-6(5-10)7-8-9/h4,10H,2-3,5H2,1H3. The first kappa shape index (κ1) is 7.21. The fraction of sp³-hybridized carbons (Fsp3) is 0.667. The highest BCUT2D eigenvalue weighted by molar-refractivity contribution is 4.88. The van der Waals surface area contributed by atoms with Crippen LogP contribution in [0.1, 0.15) is 19.0 Å². The molecule has 1 aromatic heterocycles. The van der Waals surface area contributed by atoms with Gasteiger partial charge in [-0.2, -0.15) is 0 Å². The minimum Gasteiger partial charge on any atom is -0.390 e. The van der Waals surface area contributed by atoms with Gasteiger partial charge in [0.15, 0.2) is 0 Å². The van der Waals surface area contributed by atoms with Crippen LogP contribution in [0.15, 0.2) is 6.20 Å². The fourth-order valence-electron chi connectivity index (χ4n) is 0.749. The summed E-state index contributed by atoms with van der Waals surface area (Å²) in [5, 5.41) is 16.1. The van der Waals surface area contributed by atoms with Gasteiger partial charge in [0, 0.05) is 6.54 Å². The van der Waals surface area contributed by atoms with Gasteiger partial charge in [-0.25, -0.2) is 0 Å². The van der Waals surface area contributed by atoms with Gasteiger partial charge < -0.3 is 5.11 Å². The van der Waals surface area contributed by atoms with E-state index in [0.717, 1.165) is 13.0 Å². The van der Waals surface area contributed by atoms with Crippen molar-refractivity contribution in [1.82, 2.24) is 15.0 Å². The minimum absolute atomic E-state index is 0.0241. The molecule has 0 atom stereocenters. The summed E-state index contributed by atoms with van der Waals surface area (Å²) in [4.78, 5) is 0. The Labute approximate surface area is 59.5 Å². The SMILES string of the molecule is CCCn1cc(CO)nn1. The molecule has 1 aromatic rings. The van der Waals surface area contributed by atoms with E-state index in [9.17, 15) is 0 Å². The molecular formula is C6H11N3O. The van der Waals surface area contributed by atoms with Crippen molar-refractivity contribution >= 4 is 0 Å². The summed E-state index contributed by atoms with van der Waals surface area (Å²) in [6.45, 7) is 2.91. The number of rotatable bonds is 3. The molecule has 0 aliphatic heterocycles. The zero-order valence-corrected chi connectivity index (χ0v) is 5.99. The Kier molecular flexibility index (Phi) is 2.39. The van der Waals surface area contributed by atoms with Crippen molar-refractivity contribution in [2.24, 2.45) is 0 Å². The lowest BCUT2D eigenvalue weighted by atomic mass is 10.5. The van der Waals surface area contributed by atoms with Crippen molar-refractivity contribution in [2.75, 3.05) is 0 Å². The summed E-state index contributed by atoms with van der Waals surface area (Å²) in [7, 11) is 0. The molecule has 0 unspecified atom stereocenters. The third kappa shape index (κ3) is 1.54. The maximum absolute atomic E-state index is 8.60. The molecule has 1 heterocycles. The highest BCUT2D eigenvalue weighted by Gasteiger charge is 1.95. The molecule has 0 spiro atoms. The Morgan fingerprint density at radius 3 is 3.00 bits per heavy atom. The maximum Gasteiger partial charge on any atom is 0.108 e. The highest BCUT2D eigenvalue weighted by Crippen LogP contribution is 1.92. The van der Waals surface area contributed by atoms with E-state index in [0.29, 0.717) is 5.69 Å². The van der Waals surface area contributed by atoms with Crippen molar-refractivity contribution < 1.29 is 5.11 Å². The van der Waals surface area contributed by atoms with E-state index in [1.165, 1.54) is 0 Å². The molecule has 4 heteroatoms. The number of aliphatic hydroxyl groups excluding tert-OH is 1. The summed E-state index contributed by atoms with van der Waals surface area (Å²) in [6.07, 6.45) is 2.79. The molecule has 0 radical (unpaired) electrons. The van der Waals surface area contributed by atoms with Crippen molar-refractivity contribution in [3.05, 3.63) is 11.9 Å². The Hall–Kier alpha value is -0.900. The monoisotopic (exact) mass is 141 g/mol. The highest BCUT2D eigenvalue weighted by atomic mass is 16.3. The first-order valence-electron chi connectivity index (χ1n) is 3.36. The summed E-state index contributed by atoms with van der Waals surface area (Å²) in [6, 6.07) is 0. The fourth-order valence-corrected chi connectivity index (χ4v) is 0.749. The number of nitrogens with zero attached hydrogens (tertiary/aromatic N) is 3. The zero-order valence-electron chi connectivity index (χ0n) is 5.99. The first-order valence-corrected chi connectivity index (χ1v) is 3.36. The molecule has 0 aromatic carbocycles. The average Bonchev–Trinajstić information content (AvgIpc) is 2.37. The van der Waals surface area contributed by atoms with Gasteiger partial charge in [0.05, 0.1) is 12.8 Å². The predicted octanol–water partition coefficient (Wildman–Crippen LogP) is 0.180. The Morgan fingerprint density at radius 1 is 1.70 bits per heavy atom. The number of aromatic nitrogens is 3. The van der Waals surface area contributed by atoms with Crippen LogP contribution in [0.4, 0.5) is 0 Å². The molecule has 1 N–H and O–H groups in total. The molecule has 56 valence electrons.